The maximum absolute atomic E-state index is 11.9. The average molecular weight is 233 g/mol. The molecule has 0 saturated heterocycles. The summed E-state index contributed by atoms with van der Waals surface area (Å²) in [5.74, 6) is 0.580. The predicted molar refractivity (Wildman–Crippen MR) is 66.8 cm³/mol. The van der Waals surface area contributed by atoms with Gasteiger partial charge in [0.05, 0.1) is 12.2 Å². The van der Waals surface area contributed by atoms with Crippen LogP contribution in [0.3, 0.4) is 0 Å². The maximum atomic E-state index is 11.9. The number of carbonyl (C=O) groups excluding carboxylic acids is 1. The first-order chi connectivity index (χ1) is 8.31. The predicted octanol–water partition coefficient (Wildman–Crippen LogP) is 2.14. The first-order valence-electron chi connectivity index (χ1n) is 6.26. The fourth-order valence-corrected chi connectivity index (χ4v) is 1.90. The van der Waals surface area contributed by atoms with Crippen molar-refractivity contribution >= 4 is 5.97 Å². The van der Waals surface area contributed by atoms with Gasteiger partial charge in [-0.25, -0.2) is 4.79 Å². The molecule has 2 N–H and O–H groups in total. The maximum Gasteiger partial charge on any atom is 0.338 e. The molecule has 1 saturated carbocycles. The van der Waals surface area contributed by atoms with Crippen LogP contribution in [-0.4, -0.2) is 19.1 Å². The van der Waals surface area contributed by atoms with Crippen molar-refractivity contribution in [1.29, 1.82) is 0 Å². The summed E-state index contributed by atoms with van der Waals surface area (Å²) in [5.41, 5.74) is 7.16. The molecule has 3 nitrogen and oxygen atoms in total. The average Bonchev–Trinajstić information content (AvgIpc) is 3.14. The summed E-state index contributed by atoms with van der Waals surface area (Å²) in [6.45, 7) is 1.09. The summed E-state index contributed by atoms with van der Waals surface area (Å²) in [4.78, 5) is 11.9. The van der Waals surface area contributed by atoms with Crippen LogP contribution in [0.1, 0.15) is 35.2 Å². The van der Waals surface area contributed by atoms with Crippen molar-refractivity contribution in [3.8, 4) is 0 Å². The van der Waals surface area contributed by atoms with Gasteiger partial charge in [-0.05, 0) is 36.9 Å². The van der Waals surface area contributed by atoms with Crippen LogP contribution < -0.4 is 5.73 Å². The Morgan fingerprint density at radius 1 is 1.35 bits per heavy atom. The van der Waals surface area contributed by atoms with Gasteiger partial charge in [0.15, 0.2) is 0 Å². The number of esters is 1. The number of benzene rings is 1. The molecule has 0 unspecified atom stereocenters. The molecular formula is C14H19NO2. The van der Waals surface area contributed by atoms with E-state index in [0.717, 1.165) is 17.9 Å². The topological polar surface area (TPSA) is 52.3 Å². The summed E-state index contributed by atoms with van der Waals surface area (Å²) in [7, 11) is 0. The molecule has 0 aliphatic heterocycles. The second-order valence-electron chi connectivity index (χ2n) is 4.56. The van der Waals surface area contributed by atoms with Gasteiger partial charge in [0.2, 0.25) is 0 Å². The molecule has 92 valence electrons. The fraction of sp³-hybridized carbons (Fsp3) is 0.500. The minimum atomic E-state index is -0.213. The van der Waals surface area contributed by atoms with Crippen molar-refractivity contribution in [2.45, 2.75) is 25.7 Å². The third-order valence-corrected chi connectivity index (χ3v) is 3.11. The molecule has 1 aliphatic carbocycles. The molecule has 0 aromatic heterocycles. The van der Waals surface area contributed by atoms with Gasteiger partial charge in [0.25, 0.3) is 0 Å². The first kappa shape index (κ1) is 12.1. The fourth-order valence-electron chi connectivity index (χ4n) is 1.90. The van der Waals surface area contributed by atoms with E-state index in [4.69, 9.17) is 10.5 Å². The van der Waals surface area contributed by atoms with Crippen LogP contribution in [0.25, 0.3) is 0 Å². The molecular weight excluding hydrogens is 214 g/mol. The van der Waals surface area contributed by atoms with E-state index in [1.165, 1.54) is 12.8 Å². The Kier molecular flexibility index (Phi) is 4.15. The molecule has 1 aliphatic rings. The molecule has 1 aromatic carbocycles. The zero-order valence-corrected chi connectivity index (χ0v) is 10.0. The monoisotopic (exact) mass is 233 g/mol. The van der Waals surface area contributed by atoms with E-state index < -0.39 is 0 Å². The zero-order chi connectivity index (χ0) is 12.1. The highest BCUT2D eigenvalue weighted by molar-refractivity contribution is 5.91. The van der Waals surface area contributed by atoms with Crippen LogP contribution in [0, 0.1) is 5.92 Å². The van der Waals surface area contributed by atoms with Gasteiger partial charge in [-0.15, -0.1) is 0 Å². The Labute approximate surface area is 102 Å². The second-order valence-corrected chi connectivity index (χ2v) is 4.56. The first-order valence-corrected chi connectivity index (χ1v) is 6.26. The highest BCUT2D eigenvalue weighted by Gasteiger charge is 2.21. The van der Waals surface area contributed by atoms with Crippen LogP contribution in [0.4, 0.5) is 0 Å². The molecule has 0 atom stereocenters. The van der Waals surface area contributed by atoms with Gasteiger partial charge < -0.3 is 10.5 Å². The summed E-state index contributed by atoms with van der Waals surface area (Å²) in [6, 6.07) is 7.53. The summed E-state index contributed by atoms with van der Waals surface area (Å²) >= 11 is 0. The van der Waals surface area contributed by atoms with E-state index in [0.29, 0.717) is 25.1 Å². The van der Waals surface area contributed by atoms with Crippen molar-refractivity contribution in [2.75, 3.05) is 13.2 Å². The molecule has 17 heavy (non-hydrogen) atoms. The standard InChI is InChI=1S/C14H19NO2/c15-9-7-12-3-1-2-4-13(12)14(16)17-10-8-11-5-6-11/h1-4,11H,5-10,15H2. The van der Waals surface area contributed by atoms with Crippen molar-refractivity contribution in [2.24, 2.45) is 11.7 Å². The Morgan fingerprint density at radius 2 is 2.12 bits per heavy atom. The second kappa shape index (κ2) is 5.82. The highest BCUT2D eigenvalue weighted by Crippen LogP contribution is 2.32. The zero-order valence-electron chi connectivity index (χ0n) is 10.0. The lowest BCUT2D eigenvalue weighted by Crippen LogP contribution is -2.12. The SMILES string of the molecule is NCCc1ccccc1C(=O)OCCC1CC1. The summed E-state index contributed by atoms with van der Waals surface area (Å²) < 4.78 is 5.29. The minimum Gasteiger partial charge on any atom is -0.462 e. The van der Waals surface area contributed by atoms with Crippen LogP contribution in [0.2, 0.25) is 0 Å². The number of hydrogen-bond donors (Lipinski definition) is 1. The Morgan fingerprint density at radius 3 is 2.82 bits per heavy atom. The lowest BCUT2D eigenvalue weighted by atomic mass is 10.0. The van der Waals surface area contributed by atoms with E-state index in [1.807, 2.05) is 24.3 Å². The molecule has 0 bridgehead atoms. The Balaban J connectivity index is 1.91. The van der Waals surface area contributed by atoms with Crippen LogP contribution in [0.15, 0.2) is 24.3 Å². The largest absolute Gasteiger partial charge is 0.462 e. The van der Waals surface area contributed by atoms with Gasteiger partial charge in [-0.2, -0.15) is 0 Å². The van der Waals surface area contributed by atoms with Gasteiger partial charge in [-0.1, -0.05) is 31.0 Å². The summed E-state index contributed by atoms with van der Waals surface area (Å²) in [5, 5.41) is 0. The van der Waals surface area contributed by atoms with Crippen LogP contribution in [-0.2, 0) is 11.2 Å². The van der Waals surface area contributed by atoms with Crippen molar-refractivity contribution in [3.05, 3.63) is 35.4 Å². The lowest BCUT2D eigenvalue weighted by molar-refractivity contribution is 0.0493. The van der Waals surface area contributed by atoms with Gasteiger partial charge >= 0.3 is 5.97 Å². The number of carbonyl (C=O) groups is 1. The third kappa shape index (κ3) is 3.56. The number of ether oxygens (including phenoxy) is 1. The van der Waals surface area contributed by atoms with Gasteiger partial charge in [-0.3, -0.25) is 0 Å². The molecule has 2 rings (SSSR count). The minimum absolute atomic E-state index is 0.213. The van der Waals surface area contributed by atoms with Crippen molar-refractivity contribution < 1.29 is 9.53 Å². The molecule has 0 heterocycles. The number of hydrogen-bond acceptors (Lipinski definition) is 3. The van der Waals surface area contributed by atoms with Gasteiger partial charge in [0, 0.05) is 0 Å². The molecule has 0 spiro atoms. The Hall–Kier alpha value is -1.35. The van der Waals surface area contributed by atoms with Crippen LogP contribution in [0.5, 0.6) is 0 Å². The molecule has 3 heteroatoms. The molecule has 1 fully saturated rings. The van der Waals surface area contributed by atoms with E-state index in [1.54, 1.807) is 0 Å². The highest BCUT2D eigenvalue weighted by atomic mass is 16.5. The quantitative estimate of drug-likeness (QED) is 0.766. The lowest BCUT2D eigenvalue weighted by Gasteiger charge is -2.08. The number of rotatable bonds is 6. The Bertz CT molecular complexity index is 386. The van der Waals surface area contributed by atoms with Crippen molar-refractivity contribution in [1.82, 2.24) is 0 Å². The van der Waals surface area contributed by atoms with E-state index >= 15 is 0 Å². The van der Waals surface area contributed by atoms with Crippen LogP contribution >= 0.6 is 0 Å². The van der Waals surface area contributed by atoms with E-state index in [-0.39, 0.29) is 5.97 Å². The molecule has 0 amide bonds. The van der Waals surface area contributed by atoms with Gasteiger partial charge in [0.1, 0.15) is 0 Å². The molecule has 1 aromatic rings. The normalized spacial score (nSPS) is 14.6. The number of nitrogens with two attached hydrogens (primary N) is 1. The third-order valence-electron chi connectivity index (χ3n) is 3.11. The smallest absolute Gasteiger partial charge is 0.338 e. The van der Waals surface area contributed by atoms with E-state index in [9.17, 15) is 4.79 Å². The van der Waals surface area contributed by atoms with Crippen molar-refractivity contribution in [3.63, 3.8) is 0 Å². The summed E-state index contributed by atoms with van der Waals surface area (Å²) in [6.07, 6.45) is 4.31. The van der Waals surface area contributed by atoms with E-state index in [2.05, 4.69) is 0 Å². The molecule has 0 radical (unpaired) electrons.